The van der Waals surface area contributed by atoms with Crippen LogP contribution in [0.4, 0.5) is 5.82 Å². The first-order valence-electron chi connectivity index (χ1n) is 9.60. The number of likely N-dealkylation sites (tertiary alicyclic amines) is 1. The van der Waals surface area contributed by atoms with Crippen LogP contribution in [-0.4, -0.2) is 45.6 Å². The Labute approximate surface area is 158 Å². The second kappa shape index (κ2) is 6.46. The number of hydrogen-bond acceptors (Lipinski definition) is 4. The van der Waals surface area contributed by atoms with Crippen LogP contribution >= 0.6 is 0 Å². The summed E-state index contributed by atoms with van der Waals surface area (Å²) in [4.78, 5) is 19.1. The Kier molecular flexibility index (Phi) is 3.93. The lowest BCUT2D eigenvalue weighted by molar-refractivity contribution is -0.117. The third-order valence-electron chi connectivity index (χ3n) is 6.06. The van der Waals surface area contributed by atoms with E-state index in [0.717, 1.165) is 35.0 Å². The Morgan fingerprint density at radius 1 is 1.07 bits per heavy atom. The van der Waals surface area contributed by atoms with Gasteiger partial charge in [0.2, 0.25) is 5.91 Å². The minimum absolute atomic E-state index is 0.0135. The summed E-state index contributed by atoms with van der Waals surface area (Å²) in [6, 6.07) is 8.12. The minimum atomic E-state index is 0.0135. The SMILES string of the molecule is O=C(CN1CCC2(CC1)CC2)Nc1cc2cc(-c3cn[nH]c3)ccc2cn1. The Hall–Kier alpha value is -2.73. The van der Waals surface area contributed by atoms with Crippen LogP contribution in [0, 0.1) is 5.41 Å². The molecule has 0 radical (unpaired) electrons. The van der Waals surface area contributed by atoms with Gasteiger partial charge in [-0.15, -0.1) is 0 Å². The zero-order chi connectivity index (χ0) is 18.3. The number of aromatic nitrogens is 3. The third-order valence-corrected chi connectivity index (χ3v) is 6.06. The van der Waals surface area contributed by atoms with Gasteiger partial charge in [0, 0.05) is 23.3 Å². The number of fused-ring (bicyclic) bond motifs is 1. The lowest BCUT2D eigenvalue weighted by atomic mass is 9.94. The van der Waals surface area contributed by atoms with E-state index in [0.29, 0.717) is 17.8 Å². The van der Waals surface area contributed by atoms with Gasteiger partial charge in [0.1, 0.15) is 5.82 Å². The summed E-state index contributed by atoms with van der Waals surface area (Å²) < 4.78 is 0. The maximum Gasteiger partial charge on any atom is 0.239 e. The predicted octanol–water partition coefficient (Wildman–Crippen LogP) is 3.44. The summed E-state index contributed by atoms with van der Waals surface area (Å²) in [6.07, 6.45) is 10.7. The molecule has 3 aromatic rings. The van der Waals surface area contributed by atoms with E-state index in [-0.39, 0.29) is 5.91 Å². The number of nitrogens with zero attached hydrogens (tertiary/aromatic N) is 3. The number of nitrogens with one attached hydrogen (secondary N) is 2. The van der Waals surface area contributed by atoms with E-state index < -0.39 is 0 Å². The molecular formula is C21H23N5O. The van der Waals surface area contributed by atoms with Crippen LogP contribution in [0.25, 0.3) is 21.9 Å². The third kappa shape index (κ3) is 3.45. The molecule has 6 nitrogen and oxygen atoms in total. The van der Waals surface area contributed by atoms with Gasteiger partial charge >= 0.3 is 0 Å². The summed E-state index contributed by atoms with van der Waals surface area (Å²) in [5.41, 5.74) is 2.76. The van der Waals surface area contributed by atoms with Crippen molar-refractivity contribution in [3.63, 3.8) is 0 Å². The number of rotatable bonds is 4. The number of benzene rings is 1. The van der Waals surface area contributed by atoms with Gasteiger partial charge in [0.25, 0.3) is 0 Å². The number of carbonyl (C=O) groups excluding carboxylic acids is 1. The van der Waals surface area contributed by atoms with Gasteiger partial charge in [-0.3, -0.25) is 14.8 Å². The molecule has 0 bridgehead atoms. The number of hydrogen-bond donors (Lipinski definition) is 2. The molecule has 2 N–H and O–H groups in total. The van der Waals surface area contributed by atoms with Crippen LogP contribution in [0.15, 0.2) is 42.9 Å². The molecule has 1 aliphatic heterocycles. The smallest absolute Gasteiger partial charge is 0.239 e. The molecule has 2 fully saturated rings. The standard InChI is InChI=1S/C21H23N5O/c27-20(14-26-7-5-21(3-4-21)6-8-26)25-19-10-17-9-15(18-12-23-24-13-18)1-2-16(17)11-22-19/h1-2,9-13H,3-8,14H2,(H,23,24)(H,22,25,27). The first kappa shape index (κ1) is 16.4. The normalized spacial score (nSPS) is 18.7. The molecular weight excluding hydrogens is 338 g/mol. The highest BCUT2D eigenvalue weighted by Gasteiger charge is 2.44. The van der Waals surface area contributed by atoms with Gasteiger partial charge in [0.05, 0.1) is 12.7 Å². The summed E-state index contributed by atoms with van der Waals surface area (Å²) in [7, 11) is 0. The van der Waals surface area contributed by atoms with E-state index >= 15 is 0 Å². The van der Waals surface area contributed by atoms with Gasteiger partial charge in [-0.25, -0.2) is 4.98 Å². The van der Waals surface area contributed by atoms with Crippen LogP contribution < -0.4 is 5.32 Å². The molecule has 27 heavy (non-hydrogen) atoms. The highest BCUT2D eigenvalue weighted by Crippen LogP contribution is 2.53. The Morgan fingerprint density at radius 2 is 1.93 bits per heavy atom. The van der Waals surface area contributed by atoms with Crippen molar-refractivity contribution in [1.29, 1.82) is 0 Å². The van der Waals surface area contributed by atoms with Crippen molar-refractivity contribution in [3.8, 4) is 11.1 Å². The van der Waals surface area contributed by atoms with E-state index in [1.807, 2.05) is 24.5 Å². The van der Waals surface area contributed by atoms with Crippen LogP contribution in [0.5, 0.6) is 0 Å². The van der Waals surface area contributed by atoms with Crippen molar-refractivity contribution in [2.75, 3.05) is 25.0 Å². The van der Waals surface area contributed by atoms with E-state index in [4.69, 9.17) is 0 Å². The molecule has 2 aliphatic rings. The number of pyridine rings is 1. The van der Waals surface area contributed by atoms with E-state index in [2.05, 4.69) is 37.5 Å². The van der Waals surface area contributed by atoms with Crippen molar-refractivity contribution >= 4 is 22.5 Å². The number of H-pyrrole nitrogens is 1. The molecule has 1 saturated heterocycles. The average Bonchev–Trinajstić information content (AvgIpc) is 3.20. The Morgan fingerprint density at radius 3 is 2.67 bits per heavy atom. The quantitative estimate of drug-likeness (QED) is 0.746. The van der Waals surface area contributed by atoms with E-state index in [1.165, 1.54) is 25.7 Å². The number of amides is 1. The first-order chi connectivity index (χ1) is 13.2. The van der Waals surface area contributed by atoms with Crippen LogP contribution in [0.3, 0.4) is 0 Å². The van der Waals surface area contributed by atoms with E-state index in [9.17, 15) is 4.79 Å². The van der Waals surface area contributed by atoms with Gasteiger partial charge in [0.15, 0.2) is 0 Å². The molecule has 0 atom stereocenters. The zero-order valence-electron chi connectivity index (χ0n) is 15.2. The first-order valence-corrected chi connectivity index (χ1v) is 9.60. The van der Waals surface area contributed by atoms with Crippen LogP contribution in [-0.2, 0) is 4.79 Å². The monoisotopic (exact) mass is 361 g/mol. The molecule has 3 heterocycles. The molecule has 1 spiro atoms. The lowest BCUT2D eigenvalue weighted by Gasteiger charge is -2.31. The van der Waals surface area contributed by atoms with Gasteiger partial charge in [-0.2, -0.15) is 5.10 Å². The summed E-state index contributed by atoms with van der Waals surface area (Å²) >= 11 is 0. The van der Waals surface area contributed by atoms with Gasteiger partial charge in [-0.05, 0) is 67.3 Å². The maximum absolute atomic E-state index is 12.4. The second-order valence-corrected chi connectivity index (χ2v) is 7.94. The molecule has 1 amide bonds. The van der Waals surface area contributed by atoms with E-state index in [1.54, 1.807) is 6.20 Å². The fraction of sp³-hybridized carbons (Fsp3) is 0.381. The van der Waals surface area contributed by atoms with Crippen molar-refractivity contribution in [2.45, 2.75) is 25.7 Å². The molecule has 5 rings (SSSR count). The second-order valence-electron chi connectivity index (χ2n) is 7.94. The summed E-state index contributed by atoms with van der Waals surface area (Å²) in [5, 5.41) is 11.9. The molecule has 1 aliphatic carbocycles. The number of piperidine rings is 1. The molecule has 138 valence electrons. The maximum atomic E-state index is 12.4. The average molecular weight is 361 g/mol. The summed E-state index contributed by atoms with van der Waals surface area (Å²) in [5.74, 6) is 0.618. The fourth-order valence-electron chi connectivity index (χ4n) is 4.05. The van der Waals surface area contributed by atoms with Crippen LogP contribution in [0.1, 0.15) is 25.7 Å². The molecule has 0 unspecified atom stereocenters. The van der Waals surface area contributed by atoms with Crippen molar-refractivity contribution < 1.29 is 4.79 Å². The predicted molar refractivity (Wildman–Crippen MR) is 105 cm³/mol. The molecule has 6 heteroatoms. The van der Waals surface area contributed by atoms with Crippen molar-refractivity contribution in [1.82, 2.24) is 20.1 Å². The lowest BCUT2D eigenvalue weighted by Crippen LogP contribution is -2.39. The summed E-state index contributed by atoms with van der Waals surface area (Å²) in [6.45, 7) is 2.52. The van der Waals surface area contributed by atoms with Crippen molar-refractivity contribution in [2.24, 2.45) is 5.41 Å². The number of anilines is 1. The highest BCUT2D eigenvalue weighted by atomic mass is 16.2. The van der Waals surface area contributed by atoms with Crippen LogP contribution in [0.2, 0.25) is 0 Å². The zero-order valence-corrected chi connectivity index (χ0v) is 15.2. The Bertz CT molecular complexity index is 967. The highest BCUT2D eigenvalue weighted by molar-refractivity contribution is 5.94. The minimum Gasteiger partial charge on any atom is -0.310 e. The van der Waals surface area contributed by atoms with Gasteiger partial charge in [-0.1, -0.05) is 12.1 Å². The fourth-order valence-corrected chi connectivity index (χ4v) is 4.05. The molecule has 1 saturated carbocycles. The van der Waals surface area contributed by atoms with Gasteiger partial charge < -0.3 is 5.32 Å². The topological polar surface area (TPSA) is 73.9 Å². The molecule has 1 aromatic carbocycles. The van der Waals surface area contributed by atoms with Crippen molar-refractivity contribution in [3.05, 3.63) is 42.9 Å². The Balaban J connectivity index is 1.27. The number of aromatic amines is 1. The largest absolute Gasteiger partial charge is 0.310 e. The number of carbonyl (C=O) groups is 1. The molecule has 2 aromatic heterocycles.